The van der Waals surface area contributed by atoms with Crippen molar-refractivity contribution in [2.75, 3.05) is 5.32 Å². The van der Waals surface area contributed by atoms with Crippen LogP contribution >= 0.6 is 0 Å². The van der Waals surface area contributed by atoms with Crippen molar-refractivity contribution < 1.29 is 9.59 Å². The third kappa shape index (κ3) is 5.76. The predicted octanol–water partition coefficient (Wildman–Crippen LogP) is 2.58. The van der Waals surface area contributed by atoms with Crippen LogP contribution in [0.5, 0.6) is 0 Å². The van der Waals surface area contributed by atoms with Crippen LogP contribution in [0.4, 0.5) is 5.69 Å². The summed E-state index contributed by atoms with van der Waals surface area (Å²) in [4.78, 5) is 25.7. The van der Waals surface area contributed by atoms with Crippen molar-refractivity contribution in [3.8, 4) is 0 Å². The minimum atomic E-state index is -0.747. The molecule has 30 heavy (non-hydrogen) atoms. The molecule has 0 saturated carbocycles. The van der Waals surface area contributed by atoms with Crippen molar-refractivity contribution in [1.29, 1.82) is 0 Å². The standard InChI is InChI=1S/C24H26N4O2/c25-15-18-11-9-17(10-12-18)14-22(28-23(29)20-6-2-1-3-7-20)24(30)27-21-8-4-5-19(13-21)16-26/h1-13,22H,14-16,25-26H2,(H,27,30)(H,28,29)/t22-/m0/s1. The normalized spacial score (nSPS) is 11.5. The van der Waals surface area contributed by atoms with Crippen molar-refractivity contribution in [2.24, 2.45) is 11.5 Å². The van der Waals surface area contributed by atoms with Crippen LogP contribution in [0.3, 0.4) is 0 Å². The van der Waals surface area contributed by atoms with Gasteiger partial charge < -0.3 is 22.1 Å². The van der Waals surface area contributed by atoms with Crippen LogP contribution < -0.4 is 22.1 Å². The molecule has 0 aliphatic carbocycles. The van der Waals surface area contributed by atoms with Crippen LogP contribution in [-0.2, 0) is 24.3 Å². The first-order valence-corrected chi connectivity index (χ1v) is 9.82. The average Bonchev–Trinajstić information content (AvgIpc) is 2.79. The summed E-state index contributed by atoms with van der Waals surface area (Å²) < 4.78 is 0. The maximum Gasteiger partial charge on any atom is 0.251 e. The second-order valence-corrected chi connectivity index (χ2v) is 7.01. The molecule has 0 saturated heterocycles. The van der Waals surface area contributed by atoms with E-state index in [1.54, 1.807) is 30.3 Å². The monoisotopic (exact) mass is 402 g/mol. The Morgan fingerprint density at radius 3 is 2.10 bits per heavy atom. The fourth-order valence-corrected chi connectivity index (χ4v) is 3.09. The molecule has 0 spiro atoms. The highest BCUT2D eigenvalue weighted by Crippen LogP contribution is 2.13. The molecule has 0 aromatic heterocycles. The lowest BCUT2D eigenvalue weighted by atomic mass is 10.0. The number of nitrogens with one attached hydrogen (secondary N) is 2. The largest absolute Gasteiger partial charge is 0.340 e. The second-order valence-electron chi connectivity index (χ2n) is 7.01. The van der Waals surface area contributed by atoms with E-state index < -0.39 is 6.04 Å². The molecule has 0 radical (unpaired) electrons. The van der Waals surface area contributed by atoms with Gasteiger partial charge in [-0.3, -0.25) is 9.59 Å². The Bertz CT molecular complexity index is 988. The summed E-state index contributed by atoms with van der Waals surface area (Å²) in [5.74, 6) is -0.596. The van der Waals surface area contributed by atoms with Gasteiger partial charge >= 0.3 is 0 Å². The van der Waals surface area contributed by atoms with Gasteiger partial charge in [-0.25, -0.2) is 0 Å². The lowest BCUT2D eigenvalue weighted by Gasteiger charge is -2.19. The number of carbonyl (C=O) groups excluding carboxylic acids is 2. The molecule has 0 unspecified atom stereocenters. The van der Waals surface area contributed by atoms with E-state index in [1.165, 1.54) is 0 Å². The van der Waals surface area contributed by atoms with Crippen LogP contribution in [0.15, 0.2) is 78.9 Å². The van der Waals surface area contributed by atoms with Gasteiger partial charge in [0.05, 0.1) is 0 Å². The number of hydrogen-bond donors (Lipinski definition) is 4. The molecule has 0 fully saturated rings. The van der Waals surface area contributed by atoms with E-state index in [0.29, 0.717) is 30.8 Å². The Hall–Kier alpha value is -3.48. The van der Waals surface area contributed by atoms with Gasteiger partial charge in [0.15, 0.2) is 0 Å². The Labute approximate surface area is 176 Å². The van der Waals surface area contributed by atoms with Gasteiger partial charge in [0.25, 0.3) is 5.91 Å². The minimum Gasteiger partial charge on any atom is -0.340 e. The second kappa shape index (κ2) is 10.3. The molecular weight excluding hydrogens is 376 g/mol. The number of amides is 2. The zero-order valence-electron chi connectivity index (χ0n) is 16.7. The van der Waals surface area contributed by atoms with Gasteiger partial charge in [-0.15, -0.1) is 0 Å². The predicted molar refractivity (Wildman–Crippen MR) is 119 cm³/mol. The van der Waals surface area contributed by atoms with Crippen LogP contribution in [0.25, 0.3) is 0 Å². The van der Waals surface area contributed by atoms with Gasteiger partial charge in [0.1, 0.15) is 6.04 Å². The van der Waals surface area contributed by atoms with Gasteiger partial charge in [-0.1, -0.05) is 54.6 Å². The molecule has 0 aliphatic rings. The number of rotatable bonds is 8. The Balaban J connectivity index is 1.79. The lowest BCUT2D eigenvalue weighted by molar-refractivity contribution is -0.118. The van der Waals surface area contributed by atoms with Crippen molar-refractivity contribution in [2.45, 2.75) is 25.6 Å². The summed E-state index contributed by atoms with van der Waals surface area (Å²) in [6.07, 6.45) is 0.353. The van der Waals surface area contributed by atoms with Crippen LogP contribution in [0.2, 0.25) is 0 Å². The summed E-state index contributed by atoms with van der Waals surface area (Å²) in [6, 6.07) is 23.1. The zero-order valence-corrected chi connectivity index (χ0v) is 16.7. The highest BCUT2D eigenvalue weighted by atomic mass is 16.2. The molecule has 3 aromatic rings. The zero-order chi connectivity index (χ0) is 21.3. The summed E-state index contributed by atoms with van der Waals surface area (Å²) in [5, 5.41) is 5.75. The molecule has 6 nitrogen and oxygen atoms in total. The topological polar surface area (TPSA) is 110 Å². The molecule has 1 atom stereocenters. The smallest absolute Gasteiger partial charge is 0.251 e. The number of nitrogens with two attached hydrogens (primary N) is 2. The maximum atomic E-state index is 13.0. The fourth-order valence-electron chi connectivity index (χ4n) is 3.09. The highest BCUT2D eigenvalue weighted by molar-refractivity contribution is 6.01. The molecule has 3 rings (SSSR count). The lowest BCUT2D eigenvalue weighted by Crippen LogP contribution is -2.45. The summed E-state index contributed by atoms with van der Waals surface area (Å²) in [7, 11) is 0. The molecule has 6 heteroatoms. The summed E-state index contributed by atoms with van der Waals surface area (Å²) in [6.45, 7) is 0.831. The number of carbonyl (C=O) groups is 2. The first kappa shape index (κ1) is 21.2. The van der Waals surface area contributed by atoms with Crippen LogP contribution in [-0.4, -0.2) is 17.9 Å². The SMILES string of the molecule is NCc1ccc(C[C@H](NC(=O)c2ccccc2)C(=O)Nc2cccc(CN)c2)cc1. The van der Waals surface area contributed by atoms with E-state index >= 15 is 0 Å². The summed E-state index contributed by atoms with van der Waals surface area (Å²) in [5.41, 5.74) is 15.3. The van der Waals surface area contributed by atoms with E-state index in [0.717, 1.165) is 16.7 Å². The van der Waals surface area contributed by atoms with E-state index in [4.69, 9.17) is 11.5 Å². The molecule has 0 bridgehead atoms. The molecule has 154 valence electrons. The molecule has 6 N–H and O–H groups in total. The van der Waals surface area contributed by atoms with E-state index in [2.05, 4.69) is 10.6 Å². The number of anilines is 1. The van der Waals surface area contributed by atoms with Gasteiger partial charge in [0.2, 0.25) is 5.91 Å². The van der Waals surface area contributed by atoms with Crippen LogP contribution in [0.1, 0.15) is 27.0 Å². The third-order valence-corrected chi connectivity index (χ3v) is 4.79. The maximum absolute atomic E-state index is 13.0. The first-order valence-electron chi connectivity index (χ1n) is 9.82. The molecule has 0 aliphatic heterocycles. The Kier molecular flexibility index (Phi) is 7.32. The third-order valence-electron chi connectivity index (χ3n) is 4.79. The average molecular weight is 402 g/mol. The molecule has 0 heterocycles. The molecule has 2 amide bonds. The molecular formula is C24H26N4O2. The van der Waals surface area contributed by atoms with E-state index in [9.17, 15) is 9.59 Å². The van der Waals surface area contributed by atoms with Crippen molar-refractivity contribution in [1.82, 2.24) is 5.32 Å². The summed E-state index contributed by atoms with van der Waals surface area (Å²) >= 11 is 0. The van der Waals surface area contributed by atoms with Crippen molar-refractivity contribution in [3.63, 3.8) is 0 Å². The number of hydrogen-bond acceptors (Lipinski definition) is 4. The van der Waals surface area contributed by atoms with E-state index in [-0.39, 0.29) is 11.8 Å². The Morgan fingerprint density at radius 2 is 1.43 bits per heavy atom. The highest BCUT2D eigenvalue weighted by Gasteiger charge is 2.22. The Morgan fingerprint density at radius 1 is 0.767 bits per heavy atom. The van der Waals surface area contributed by atoms with Crippen molar-refractivity contribution >= 4 is 17.5 Å². The minimum absolute atomic E-state index is 0.295. The van der Waals surface area contributed by atoms with E-state index in [1.807, 2.05) is 48.5 Å². The quantitative estimate of drug-likeness (QED) is 0.464. The first-order chi connectivity index (χ1) is 14.6. The number of benzene rings is 3. The van der Waals surface area contributed by atoms with Crippen LogP contribution in [0, 0.1) is 0 Å². The van der Waals surface area contributed by atoms with Crippen molar-refractivity contribution in [3.05, 3.63) is 101 Å². The van der Waals surface area contributed by atoms with Gasteiger partial charge in [-0.2, -0.15) is 0 Å². The fraction of sp³-hybridized carbons (Fsp3) is 0.167. The molecule has 3 aromatic carbocycles. The van der Waals surface area contributed by atoms with Gasteiger partial charge in [-0.05, 0) is 41.0 Å². The van der Waals surface area contributed by atoms with Gasteiger partial charge in [0, 0.05) is 30.8 Å².